The Morgan fingerprint density at radius 1 is 1.44 bits per heavy atom. The van der Waals surface area contributed by atoms with E-state index in [2.05, 4.69) is 37.7 Å². The summed E-state index contributed by atoms with van der Waals surface area (Å²) in [5.41, 5.74) is 1.21. The number of aliphatic hydroxyl groups excluding tert-OH is 2. The summed E-state index contributed by atoms with van der Waals surface area (Å²) in [6.45, 7) is 12.2. The summed E-state index contributed by atoms with van der Waals surface area (Å²) in [6.07, 6.45) is 7.53. The van der Waals surface area contributed by atoms with Crippen molar-refractivity contribution in [1.82, 2.24) is 15.0 Å². The van der Waals surface area contributed by atoms with Crippen LogP contribution in [0.5, 0.6) is 0 Å². The molecule has 1 aromatic rings. The van der Waals surface area contributed by atoms with E-state index in [0.717, 1.165) is 11.6 Å². The molecule has 4 atom stereocenters. The van der Waals surface area contributed by atoms with Crippen molar-refractivity contribution in [3.05, 3.63) is 42.8 Å². The first-order chi connectivity index (χ1) is 12.8. The fourth-order valence-corrected chi connectivity index (χ4v) is 2.54. The minimum absolute atomic E-state index is 0.203. The fourth-order valence-electron chi connectivity index (χ4n) is 2.54. The molecule has 7 heteroatoms. The quantitative estimate of drug-likeness (QED) is 0.592. The zero-order valence-electron chi connectivity index (χ0n) is 16.8. The van der Waals surface area contributed by atoms with Gasteiger partial charge in [0, 0.05) is 6.42 Å². The van der Waals surface area contributed by atoms with Crippen molar-refractivity contribution in [2.75, 3.05) is 0 Å². The van der Waals surface area contributed by atoms with Crippen molar-refractivity contribution in [3.8, 4) is 0 Å². The number of aromatic nitrogens is 3. The highest BCUT2D eigenvalue weighted by molar-refractivity contribution is 6.08. The lowest BCUT2D eigenvalue weighted by molar-refractivity contribution is -0.172. The van der Waals surface area contributed by atoms with Gasteiger partial charge < -0.3 is 14.9 Å². The maximum atomic E-state index is 10.2. The number of nitrogens with zero attached hydrogens (tertiary/aromatic N) is 3. The summed E-state index contributed by atoms with van der Waals surface area (Å²) in [5, 5.41) is 28.3. The third-order valence-electron chi connectivity index (χ3n) is 3.77. The third-order valence-corrected chi connectivity index (χ3v) is 3.77. The van der Waals surface area contributed by atoms with Gasteiger partial charge in [-0.05, 0) is 31.4 Å². The van der Waals surface area contributed by atoms with Gasteiger partial charge in [-0.2, -0.15) is 0 Å². The van der Waals surface area contributed by atoms with Crippen LogP contribution >= 0.6 is 0 Å². The zero-order chi connectivity index (χ0) is 20.4. The highest BCUT2D eigenvalue weighted by Crippen LogP contribution is 2.32. The van der Waals surface area contributed by atoms with Gasteiger partial charge in [0.05, 0.1) is 31.9 Å². The second-order valence-electron chi connectivity index (χ2n) is 7.19. The standard InChI is InChI=1S/C16H22BN3O3.C4H10/c1-3-5-6-11(4-2)20-10-13(18-19-20)16-15(22)14(21)9-12(23-16)7-8-17;1-4(2)3/h3-6,10,12,14-16,21-22H,2,7-9H2,1H3;4H,1-3H3/b5-3-,11-6+;. The van der Waals surface area contributed by atoms with E-state index in [4.69, 9.17) is 12.6 Å². The van der Waals surface area contributed by atoms with Gasteiger partial charge in [0.25, 0.3) is 0 Å². The predicted molar refractivity (Wildman–Crippen MR) is 109 cm³/mol. The number of ether oxygens (including phenoxy) is 1. The van der Waals surface area contributed by atoms with Crippen molar-refractivity contribution in [2.45, 2.75) is 71.3 Å². The van der Waals surface area contributed by atoms with Crippen LogP contribution in [-0.4, -0.2) is 51.4 Å². The molecule has 0 aliphatic carbocycles. The van der Waals surface area contributed by atoms with E-state index in [1.165, 1.54) is 0 Å². The molecule has 0 saturated carbocycles. The van der Waals surface area contributed by atoms with Crippen LogP contribution in [0.4, 0.5) is 0 Å². The normalized spacial score (nSPS) is 26.1. The van der Waals surface area contributed by atoms with E-state index >= 15 is 0 Å². The molecule has 2 N–H and O–H groups in total. The van der Waals surface area contributed by atoms with Crippen LogP contribution in [0.3, 0.4) is 0 Å². The van der Waals surface area contributed by atoms with Crippen LogP contribution in [0.15, 0.2) is 37.1 Å². The second-order valence-corrected chi connectivity index (χ2v) is 7.19. The lowest BCUT2D eigenvalue weighted by Gasteiger charge is -2.36. The first-order valence-corrected chi connectivity index (χ1v) is 9.43. The van der Waals surface area contributed by atoms with E-state index in [1.807, 2.05) is 25.2 Å². The molecule has 1 aliphatic heterocycles. The molecule has 148 valence electrons. The monoisotopic (exact) mass is 373 g/mol. The Kier molecular flexibility index (Phi) is 10.3. The highest BCUT2D eigenvalue weighted by atomic mass is 16.5. The molecule has 0 amide bonds. The number of allylic oxidation sites excluding steroid dienone is 5. The number of rotatable bonds is 6. The minimum Gasteiger partial charge on any atom is -0.390 e. The first kappa shape index (κ1) is 23.3. The van der Waals surface area contributed by atoms with E-state index in [-0.39, 0.29) is 6.10 Å². The Morgan fingerprint density at radius 2 is 2.11 bits per heavy atom. The Balaban J connectivity index is 0.000000828. The highest BCUT2D eigenvalue weighted by Gasteiger charge is 2.38. The second kappa shape index (κ2) is 11.9. The van der Waals surface area contributed by atoms with Crippen LogP contribution in [0.1, 0.15) is 52.3 Å². The summed E-state index contributed by atoms with van der Waals surface area (Å²) in [6, 6.07) is 0. The molecule has 2 rings (SSSR count). The average Bonchev–Trinajstić information content (AvgIpc) is 3.08. The van der Waals surface area contributed by atoms with Crippen LogP contribution in [0.25, 0.3) is 5.70 Å². The van der Waals surface area contributed by atoms with E-state index in [1.54, 1.807) is 17.0 Å². The molecule has 1 aromatic heterocycles. The van der Waals surface area contributed by atoms with Crippen molar-refractivity contribution < 1.29 is 14.9 Å². The third kappa shape index (κ3) is 7.44. The van der Waals surface area contributed by atoms with E-state index in [0.29, 0.717) is 24.9 Å². The van der Waals surface area contributed by atoms with E-state index < -0.39 is 18.3 Å². The van der Waals surface area contributed by atoms with Gasteiger partial charge in [-0.25, -0.2) is 4.68 Å². The number of hydrogen-bond acceptors (Lipinski definition) is 5. The predicted octanol–water partition coefficient (Wildman–Crippen LogP) is 3.07. The molecule has 1 fully saturated rings. The lowest BCUT2D eigenvalue weighted by atomic mass is 9.90. The van der Waals surface area contributed by atoms with Gasteiger partial charge in [-0.3, -0.25) is 0 Å². The molecule has 4 unspecified atom stereocenters. The van der Waals surface area contributed by atoms with Crippen molar-refractivity contribution in [2.24, 2.45) is 5.92 Å². The SMILES string of the molecule is CC(C)C.[B]CCC1CC(O)C(O)C(c2cn(/C(C=C)=C/C=C\C)nn2)O1. The van der Waals surface area contributed by atoms with Crippen molar-refractivity contribution in [1.29, 1.82) is 0 Å². The summed E-state index contributed by atoms with van der Waals surface area (Å²) < 4.78 is 7.39. The topological polar surface area (TPSA) is 80.4 Å². The van der Waals surface area contributed by atoms with Crippen LogP contribution in [0, 0.1) is 5.92 Å². The summed E-state index contributed by atoms with van der Waals surface area (Å²) >= 11 is 0. The Morgan fingerprint density at radius 3 is 2.67 bits per heavy atom. The zero-order valence-corrected chi connectivity index (χ0v) is 16.8. The number of hydrogen-bond donors (Lipinski definition) is 2. The maximum Gasteiger partial charge on any atom is 0.132 e. The molecule has 6 nitrogen and oxygen atoms in total. The smallest absolute Gasteiger partial charge is 0.132 e. The van der Waals surface area contributed by atoms with Gasteiger partial charge in [0.2, 0.25) is 0 Å². The molecule has 2 heterocycles. The van der Waals surface area contributed by atoms with Crippen LogP contribution in [-0.2, 0) is 4.74 Å². The van der Waals surface area contributed by atoms with Gasteiger partial charge >= 0.3 is 0 Å². The maximum absolute atomic E-state index is 10.2. The Labute approximate surface area is 164 Å². The van der Waals surface area contributed by atoms with E-state index in [9.17, 15) is 10.2 Å². The van der Waals surface area contributed by atoms with Gasteiger partial charge in [-0.15, -0.1) is 5.10 Å². The first-order valence-electron chi connectivity index (χ1n) is 9.43. The largest absolute Gasteiger partial charge is 0.390 e. The lowest BCUT2D eigenvalue weighted by Crippen LogP contribution is -2.43. The summed E-state index contributed by atoms with van der Waals surface area (Å²) in [7, 11) is 5.55. The van der Waals surface area contributed by atoms with Crippen LogP contribution in [0.2, 0.25) is 6.32 Å². The van der Waals surface area contributed by atoms with Gasteiger partial charge in [-0.1, -0.05) is 51.0 Å². The Hall–Kier alpha value is -1.70. The molecule has 27 heavy (non-hydrogen) atoms. The average molecular weight is 373 g/mol. The number of aliphatic hydroxyl groups is 2. The summed E-state index contributed by atoms with van der Waals surface area (Å²) in [5.74, 6) is 0.833. The van der Waals surface area contributed by atoms with Gasteiger partial charge in [0.15, 0.2) is 0 Å². The summed E-state index contributed by atoms with van der Waals surface area (Å²) in [4.78, 5) is 0. The van der Waals surface area contributed by atoms with Crippen molar-refractivity contribution in [3.63, 3.8) is 0 Å². The molecule has 0 aromatic carbocycles. The molecule has 0 bridgehead atoms. The molecule has 1 saturated heterocycles. The molecular formula is C20H32BN3O3. The molecule has 2 radical (unpaired) electrons. The Bertz CT molecular complexity index is 625. The van der Waals surface area contributed by atoms with Crippen molar-refractivity contribution >= 4 is 13.5 Å². The fraction of sp³-hybridized carbons (Fsp3) is 0.600. The molecule has 1 aliphatic rings. The van der Waals surface area contributed by atoms with Crippen LogP contribution < -0.4 is 0 Å². The minimum atomic E-state index is -1.04. The molecular weight excluding hydrogens is 341 g/mol. The molecule has 0 spiro atoms. The van der Waals surface area contributed by atoms with Gasteiger partial charge in [0.1, 0.15) is 17.9 Å².